The van der Waals surface area contributed by atoms with Crippen LogP contribution in [0, 0.1) is 0 Å². The molecule has 1 atom stereocenters. The summed E-state index contributed by atoms with van der Waals surface area (Å²) in [6.07, 6.45) is 1.87. The van der Waals surface area contributed by atoms with E-state index in [-0.39, 0.29) is 6.42 Å². The highest BCUT2D eigenvalue weighted by Crippen LogP contribution is 2.29. The number of rotatable bonds is 8. The Labute approximate surface area is 205 Å². The van der Waals surface area contributed by atoms with Crippen molar-refractivity contribution in [2.24, 2.45) is 0 Å². The minimum atomic E-state index is -1.14. The fourth-order valence-electron chi connectivity index (χ4n) is 4.19. The molecule has 8 nitrogen and oxygen atoms in total. The normalized spacial score (nSPS) is 11.9. The molecule has 5 rings (SSSR count). The van der Waals surface area contributed by atoms with Gasteiger partial charge in [-0.05, 0) is 34.9 Å². The molecule has 3 N–H and O–H groups in total. The second-order valence-electron chi connectivity index (χ2n) is 8.31. The van der Waals surface area contributed by atoms with E-state index in [1.54, 1.807) is 18.3 Å². The molecular formula is C28H22N2O6. The number of para-hydroxylation sites is 1. The summed E-state index contributed by atoms with van der Waals surface area (Å²) in [5.41, 5.74) is 3.11. The lowest BCUT2D eigenvalue weighted by Gasteiger charge is -2.15. The van der Waals surface area contributed by atoms with E-state index in [2.05, 4.69) is 10.3 Å². The van der Waals surface area contributed by atoms with Crippen LogP contribution in [0.3, 0.4) is 0 Å². The number of aromatic nitrogens is 1. The SMILES string of the molecule is O=C(COc1ccc2c(-c3ccccc3)cc(=O)oc2c1)N[C@@H](Cc1c[nH]c2ccccc12)C(=O)O. The summed E-state index contributed by atoms with van der Waals surface area (Å²) >= 11 is 0. The Hall–Kier alpha value is -4.85. The summed E-state index contributed by atoms with van der Waals surface area (Å²) in [6.45, 7) is -0.397. The van der Waals surface area contributed by atoms with Gasteiger partial charge in [0.15, 0.2) is 6.61 Å². The Kier molecular flexibility index (Phi) is 6.23. The lowest BCUT2D eigenvalue weighted by molar-refractivity contribution is -0.142. The van der Waals surface area contributed by atoms with Crippen LogP contribution >= 0.6 is 0 Å². The van der Waals surface area contributed by atoms with Crippen molar-refractivity contribution in [3.8, 4) is 16.9 Å². The molecule has 36 heavy (non-hydrogen) atoms. The smallest absolute Gasteiger partial charge is 0.336 e. The van der Waals surface area contributed by atoms with Crippen LogP contribution in [0.2, 0.25) is 0 Å². The molecule has 2 heterocycles. The second-order valence-corrected chi connectivity index (χ2v) is 8.31. The van der Waals surface area contributed by atoms with Crippen LogP contribution in [0.4, 0.5) is 0 Å². The molecule has 0 aliphatic rings. The summed E-state index contributed by atoms with van der Waals surface area (Å²) in [5, 5.41) is 13.8. The van der Waals surface area contributed by atoms with Crippen molar-refractivity contribution in [3.05, 3.63) is 101 Å². The van der Waals surface area contributed by atoms with Crippen molar-refractivity contribution in [3.63, 3.8) is 0 Å². The third-order valence-corrected chi connectivity index (χ3v) is 5.90. The Morgan fingerprint density at radius 2 is 1.75 bits per heavy atom. The minimum Gasteiger partial charge on any atom is -0.484 e. The predicted molar refractivity (Wildman–Crippen MR) is 135 cm³/mol. The molecule has 5 aromatic rings. The number of carbonyl (C=O) groups excluding carboxylic acids is 1. The van der Waals surface area contributed by atoms with Crippen LogP contribution in [0.25, 0.3) is 33.0 Å². The first-order valence-electron chi connectivity index (χ1n) is 11.3. The number of H-pyrrole nitrogens is 1. The Morgan fingerprint density at radius 1 is 0.972 bits per heavy atom. The molecular weight excluding hydrogens is 460 g/mol. The lowest BCUT2D eigenvalue weighted by atomic mass is 10.0. The van der Waals surface area contributed by atoms with Gasteiger partial charge in [-0.1, -0.05) is 48.5 Å². The van der Waals surface area contributed by atoms with Crippen molar-refractivity contribution in [2.45, 2.75) is 12.5 Å². The minimum absolute atomic E-state index is 0.120. The number of hydrogen-bond donors (Lipinski definition) is 3. The zero-order valence-electron chi connectivity index (χ0n) is 19.1. The number of carboxylic acids is 1. The van der Waals surface area contributed by atoms with E-state index in [0.717, 1.165) is 33.0 Å². The van der Waals surface area contributed by atoms with Crippen LogP contribution in [-0.4, -0.2) is 34.6 Å². The highest BCUT2D eigenvalue weighted by atomic mass is 16.5. The standard InChI is InChI=1S/C28H22N2O6/c31-26(30-24(28(33)34)12-18-15-29-23-9-5-4-8-20(18)23)16-35-19-10-11-21-22(17-6-2-1-3-7-17)14-27(32)36-25(21)13-19/h1-11,13-15,24,29H,12,16H2,(H,30,31)(H,33,34)/t24-/m0/s1. The largest absolute Gasteiger partial charge is 0.484 e. The molecule has 2 aromatic heterocycles. The van der Waals surface area contributed by atoms with Gasteiger partial charge < -0.3 is 24.6 Å². The first kappa shape index (κ1) is 22.9. The number of hydrogen-bond acceptors (Lipinski definition) is 5. The van der Waals surface area contributed by atoms with Gasteiger partial charge in [0.1, 0.15) is 17.4 Å². The third kappa shape index (κ3) is 4.83. The van der Waals surface area contributed by atoms with Gasteiger partial charge in [-0.25, -0.2) is 9.59 Å². The van der Waals surface area contributed by atoms with Crippen LogP contribution in [0.15, 0.2) is 94.3 Å². The van der Waals surface area contributed by atoms with E-state index < -0.39 is 30.2 Å². The number of carboxylic acid groups (broad SMARTS) is 1. The van der Waals surface area contributed by atoms with Crippen molar-refractivity contribution in [2.75, 3.05) is 6.61 Å². The molecule has 0 bridgehead atoms. The highest BCUT2D eigenvalue weighted by Gasteiger charge is 2.22. The first-order valence-corrected chi connectivity index (χ1v) is 11.3. The number of carbonyl (C=O) groups is 2. The molecule has 8 heteroatoms. The monoisotopic (exact) mass is 482 g/mol. The van der Waals surface area contributed by atoms with Gasteiger partial charge in [0.05, 0.1) is 0 Å². The maximum Gasteiger partial charge on any atom is 0.336 e. The molecule has 3 aromatic carbocycles. The third-order valence-electron chi connectivity index (χ3n) is 5.90. The highest BCUT2D eigenvalue weighted by molar-refractivity contribution is 5.94. The molecule has 0 aliphatic heterocycles. The predicted octanol–water partition coefficient (Wildman–Crippen LogP) is 4.13. The van der Waals surface area contributed by atoms with E-state index in [0.29, 0.717) is 11.3 Å². The fourth-order valence-corrected chi connectivity index (χ4v) is 4.19. The topological polar surface area (TPSA) is 122 Å². The van der Waals surface area contributed by atoms with Crippen molar-refractivity contribution >= 4 is 33.7 Å². The van der Waals surface area contributed by atoms with Crippen LogP contribution < -0.4 is 15.7 Å². The molecule has 0 unspecified atom stereocenters. The van der Waals surface area contributed by atoms with E-state index in [9.17, 15) is 19.5 Å². The van der Waals surface area contributed by atoms with Crippen LogP contribution in [0.1, 0.15) is 5.56 Å². The fraction of sp³-hybridized carbons (Fsp3) is 0.107. The molecule has 0 fully saturated rings. The second kappa shape index (κ2) is 9.79. The zero-order valence-corrected chi connectivity index (χ0v) is 19.1. The number of benzene rings is 3. The van der Waals surface area contributed by atoms with E-state index >= 15 is 0 Å². The molecule has 0 spiro atoms. The van der Waals surface area contributed by atoms with Gasteiger partial charge >= 0.3 is 11.6 Å². The van der Waals surface area contributed by atoms with Gasteiger partial charge in [-0.15, -0.1) is 0 Å². The van der Waals surface area contributed by atoms with Gasteiger partial charge in [-0.3, -0.25) is 4.79 Å². The van der Waals surface area contributed by atoms with E-state index in [1.807, 2.05) is 54.6 Å². The number of nitrogens with one attached hydrogen (secondary N) is 2. The molecule has 0 radical (unpaired) electrons. The number of aromatic amines is 1. The summed E-state index contributed by atoms with van der Waals surface area (Å²) in [5.74, 6) is -1.41. The lowest BCUT2D eigenvalue weighted by Crippen LogP contribution is -2.44. The van der Waals surface area contributed by atoms with Gasteiger partial charge in [0, 0.05) is 41.0 Å². The number of ether oxygens (including phenoxy) is 1. The van der Waals surface area contributed by atoms with Gasteiger partial charge in [-0.2, -0.15) is 0 Å². The summed E-state index contributed by atoms with van der Waals surface area (Å²) in [6, 6.07) is 22.3. The number of amides is 1. The maximum atomic E-state index is 12.5. The summed E-state index contributed by atoms with van der Waals surface area (Å²) in [4.78, 5) is 39.5. The molecule has 0 aliphatic carbocycles. The van der Waals surface area contributed by atoms with Crippen LogP contribution in [-0.2, 0) is 16.0 Å². The summed E-state index contributed by atoms with van der Waals surface area (Å²) in [7, 11) is 0. The number of fused-ring (bicyclic) bond motifs is 2. The van der Waals surface area contributed by atoms with Crippen molar-refractivity contribution < 1.29 is 23.8 Å². The Morgan fingerprint density at radius 3 is 2.56 bits per heavy atom. The van der Waals surface area contributed by atoms with E-state index in [4.69, 9.17) is 9.15 Å². The van der Waals surface area contributed by atoms with Gasteiger partial charge in [0.25, 0.3) is 5.91 Å². The molecule has 0 saturated carbocycles. The molecule has 1 amide bonds. The van der Waals surface area contributed by atoms with Gasteiger partial charge in [0.2, 0.25) is 0 Å². The molecule has 0 saturated heterocycles. The number of aliphatic carboxylic acids is 1. The summed E-state index contributed by atoms with van der Waals surface area (Å²) < 4.78 is 10.9. The average Bonchev–Trinajstić information content (AvgIpc) is 3.29. The zero-order chi connectivity index (χ0) is 25.1. The maximum absolute atomic E-state index is 12.5. The van der Waals surface area contributed by atoms with Crippen LogP contribution in [0.5, 0.6) is 5.75 Å². The Balaban J connectivity index is 1.28. The van der Waals surface area contributed by atoms with E-state index in [1.165, 1.54) is 12.1 Å². The Bertz CT molecular complexity index is 1620. The van der Waals surface area contributed by atoms with Crippen molar-refractivity contribution in [1.82, 2.24) is 10.3 Å². The first-order chi connectivity index (χ1) is 17.5. The quantitative estimate of drug-likeness (QED) is 0.286. The van der Waals surface area contributed by atoms with Crippen molar-refractivity contribution in [1.29, 1.82) is 0 Å². The molecule has 180 valence electrons. The average molecular weight is 482 g/mol.